The minimum absolute atomic E-state index is 0.0574. The van der Waals surface area contributed by atoms with Gasteiger partial charge in [-0.3, -0.25) is 14.5 Å². The van der Waals surface area contributed by atoms with Gasteiger partial charge in [0.25, 0.3) is 0 Å². The maximum Gasteiger partial charge on any atom is 0.320 e. The van der Waals surface area contributed by atoms with Crippen molar-refractivity contribution >= 4 is 11.9 Å². The Morgan fingerprint density at radius 2 is 1.89 bits per heavy atom. The summed E-state index contributed by atoms with van der Waals surface area (Å²) < 4.78 is 23.3. The average Bonchev–Trinajstić information content (AvgIpc) is 3.16. The molecule has 0 radical (unpaired) electrons. The lowest BCUT2D eigenvalue weighted by Gasteiger charge is -2.34. The summed E-state index contributed by atoms with van der Waals surface area (Å²) >= 11 is 0. The van der Waals surface area contributed by atoms with Crippen LogP contribution >= 0.6 is 0 Å². The fourth-order valence-corrected chi connectivity index (χ4v) is 3.22. The summed E-state index contributed by atoms with van der Waals surface area (Å²) in [4.78, 5) is 27.9. The van der Waals surface area contributed by atoms with Crippen LogP contribution in [-0.2, 0) is 20.7 Å². The molecule has 0 spiro atoms. The van der Waals surface area contributed by atoms with E-state index >= 15 is 0 Å². The van der Waals surface area contributed by atoms with Crippen molar-refractivity contribution in [1.82, 2.24) is 15.0 Å². The summed E-state index contributed by atoms with van der Waals surface area (Å²) in [5, 5.41) is 3.82. The van der Waals surface area contributed by atoms with E-state index in [9.17, 15) is 14.0 Å². The van der Waals surface area contributed by atoms with Gasteiger partial charge in [-0.05, 0) is 37.6 Å². The number of rotatable bonds is 7. The Labute approximate surface area is 163 Å². The molecule has 1 saturated heterocycles. The van der Waals surface area contributed by atoms with Crippen molar-refractivity contribution in [3.05, 3.63) is 41.8 Å². The molecule has 3 rings (SSSR count). The molecule has 1 aliphatic rings. The number of benzene rings is 1. The highest BCUT2D eigenvalue weighted by atomic mass is 19.1. The van der Waals surface area contributed by atoms with Gasteiger partial charge in [0.2, 0.25) is 5.91 Å². The van der Waals surface area contributed by atoms with Gasteiger partial charge in [-0.25, -0.2) is 4.39 Å². The molecule has 1 amide bonds. The summed E-state index contributed by atoms with van der Waals surface area (Å²) in [7, 11) is 0. The monoisotopic (exact) mass is 389 g/mol. The molecule has 28 heavy (non-hydrogen) atoms. The predicted molar refractivity (Wildman–Crippen MR) is 99.9 cm³/mol. The normalized spacial score (nSPS) is 14.9. The zero-order valence-electron chi connectivity index (χ0n) is 15.9. The third-order valence-corrected chi connectivity index (χ3v) is 4.74. The van der Waals surface area contributed by atoms with Gasteiger partial charge in [0.05, 0.1) is 19.3 Å². The summed E-state index contributed by atoms with van der Waals surface area (Å²) in [5.74, 6) is 0.0687. The number of amides is 1. The van der Waals surface area contributed by atoms with Crippen molar-refractivity contribution in [1.29, 1.82) is 0 Å². The number of carbonyl (C=O) groups is 2. The maximum absolute atomic E-state index is 13.1. The number of aryl methyl sites for hydroxylation is 1. The van der Waals surface area contributed by atoms with Gasteiger partial charge in [0.1, 0.15) is 5.82 Å². The zero-order valence-corrected chi connectivity index (χ0v) is 15.9. The van der Waals surface area contributed by atoms with Crippen LogP contribution in [0, 0.1) is 5.82 Å². The quantitative estimate of drug-likeness (QED) is 0.676. The number of aromatic nitrogens is 1. The molecule has 0 atom stereocenters. The van der Waals surface area contributed by atoms with Gasteiger partial charge in [-0.1, -0.05) is 5.16 Å². The predicted octanol–water partition coefficient (Wildman–Crippen LogP) is 2.12. The van der Waals surface area contributed by atoms with E-state index in [4.69, 9.17) is 9.26 Å². The third kappa shape index (κ3) is 5.16. The molecular formula is C20H24FN3O4. The fraction of sp³-hybridized carbons (Fsp3) is 0.450. The second-order valence-electron chi connectivity index (χ2n) is 6.65. The van der Waals surface area contributed by atoms with Crippen LogP contribution in [0.4, 0.5) is 4.39 Å². The van der Waals surface area contributed by atoms with E-state index in [1.165, 1.54) is 12.1 Å². The highest BCUT2D eigenvalue weighted by Gasteiger charge is 2.23. The van der Waals surface area contributed by atoms with E-state index in [2.05, 4.69) is 5.16 Å². The van der Waals surface area contributed by atoms with Crippen molar-refractivity contribution in [3.63, 3.8) is 0 Å². The number of nitrogens with zero attached hydrogens (tertiary/aromatic N) is 3. The average molecular weight is 389 g/mol. The molecule has 1 aliphatic heterocycles. The van der Waals surface area contributed by atoms with Crippen LogP contribution in [0.15, 0.2) is 35.0 Å². The lowest BCUT2D eigenvalue weighted by Crippen LogP contribution is -2.50. The SMILES string of the molecule is CCOC(=O)CN1CCN(C(=O)CCc2cnoc2-c2ccc(F)cc2)CC1. The Balaban J connectivity index is 1.49. The maximum atomic E-state index is 13.1. The number of piperazine rings is 1. The number of ether oxygens (including phenoxy) is 1. The number of halogens is 1. The minimum Gasteiger partial charge on any atom is -0.465 e. The lowest BCUT2D eigenvalue weighted by molar-refractivity contribution is -0.145. The topological polar surface area (TPSA) is 75.9 Å². The Hall–Kier alpha value is -2.74. The number of hydrogen-bond donors (Lipinski definition) is 0. The van der Waals surface area contributed by atoms with Gasteiger partial charge in [-0.15, -0.1) is 0 Å². The van der Waals surface area contributed by atoms with Crippen molar-refractivity contribution in [2.75, 3.05) is 39.3 Å². The van der Waals surface area contributed by atoms with E-state index in [1.807, 2.05) is 9.80 Å². The molecule has 1 aromatic heterocycles. The molecule has 2 heterocycles. The van der Waals surface area contributed by atoms with Crippen LogP contribution < -0.4 is 0 Å². The lowest BCUT2D eigenvalue weighted by atomic mass is 10.0. The number of carbonyl (C=O) groups excluding carboxylic acids is 2. The summed E-state index contributed by atoms with van der Waals surface area (Å²) in [6.45, 7) is 4.90. The molecule has 7 nitrogen and oxygen atoms in total. The molecule has 0 N–H and O–H groups in total. The van der Waals surface area contributed by atoms with Gasteiger partial charge in [0.15, 0.2) is 5.76 Å². The first-order valence-electron chi connectivity index (χ1n) is 9.42. The molecule has 1 fully saturated rings. The molecule has 2 aromatic rings. The van der Waals surface area contributed by atoms with E-state index in [0.29, 0.717) is 51.4 Å². The fourth-order valence-electron chi connectivity index (χ4n) is 3.22. The Bertz CT molecular complexity index is 798. The molecule has 0 saturated carbocycles. The largest absolute Gasteiger partial charge is 0.465 e. The van der Waals surface area contributed by atoms with Crippen LogP contribution in [0.5, 0.6) is 0 Å². The Kier molecular flexibility index (Phi) is 6.76. The van der Waals surface area contributed by atoms with Crippen molar-refractivity contribution in [3.8, 4) is 11.3 Å². The van der Waals surface area contributed by atoms with Crippen LogP contribution in [0.2, 0.25) is 0 Å². The molecule has 0 unspecified atom stereocenters. The number of esters is 1. The highest BCUT2D eigenvalue weighted by molar-refractivity contribution is 5.77. The van der Waals surface area contributed by atoms with Crippen molar-refractivity contribution in [2.45, 2.75) is 19.8 Å². The smallest absolute Gasteiger partial charge is 0.320 e. The molecule has 0 aliphatic carbocycles. The second-order valence-corrected chi connectivity index (χ2v) is 6.65. The second kappa shape index (κ2) is 9.45. The van der Waals surface area contributed by atoms with Crippen LogP contribution in [-0.4, -0.2) is 66.2 Å². The highest BCUT2D eigenvalue weighted by Crippen LogP contribution is 2.25. The Morgan fingerprint density at radius 1 is 1.18 bits per heavy atom. The minimum atomic E-state index is -0.318. The van der Waals surface area contributed by atoms with E-state index in [1.54, 1.807) is 25.3 Å². The van der Waals surface area contributed by atoms with Crippen LogP contribution in [0.25, 0.3) is 11.3 Å². The van der Waals surface area contributed by atoms with Crippen LogP contribution in [0.3, 0.4) is 0 Å². The number of hydrogen-bond acceptors (Lipinski definition) is 6. The van der Waals surface area contributed by atoms with Gasteiger partial charge in [-0.2, -0.15) is 0 Å². The molecule has 150 valence electrons. The summed E-state index contributed by atoms with van der Waals surface area (Å²) in [6, 6.07) is 5.99. The Morgan fingerprint density at radius 3 is 2.57 bits per heavy atom. The van der Waals surface area contributed by atoms with Crippen molar-refractivity contribution in [2.24, 2.45) is 0 Å². The van der Waals surface area contributed by atoms with E-state index in [0.717, 1.165) is 11.1 Å². The molecule has 1 aromatic carbocycles. The first-order valence-corrected chi connectivity index (χ1v) is 9.42. The van der Waals surface area contributed by atoms with Gasteiger partial charge >= 0.3 is 5.97 Å². The molecule has 8 heteroatoms. The third-order valence-electron chi connectivity index (χ3n) is 4.74. The first-order chi connectivity index (χ1) is 13.6. The van der Waals surface area contributed by atoms with Crippen LogP contribution in [0.1, 0.15) is 18.9 Å². The van der Waals surface area contributed by atoms with Crippen molar-refractivity contribution < 1.29 is 23.2 Å². The first kappa shape index (κ1) is 20.0. The van der Waals surface area contributed by atoms with Gasteiger partial charge < -0.3 is 14.2 Å². The summed E-state index contributed by atoms with van der Waals surface area (Å²) in [6.07, 6.45) is 2.44. The van der Waals surface area contributed by atoms with E-state index in [-0.39, 0.29) is 24.2 Å². The summed E-state index contributed by atoms with van der Waals surface area (Å²) in [5.41, 5.74) is 1.55. The molecular weight excluding hydrogens is 365 g/mol. The molecule has 0 bridgehead atoms. The zero-order chi connectivity index (χ0) is 19.9. The van der Waals surface area contributed by atoms with E-state index < -0.39 is 0 Å². The van der Waals surface area contributed by atoms with Gasteiger partial charge in [0, 0.05) is 43.7 Å². The standard InChI is InChI=1S/C20H24FN3O4/c1-2-27-19(26)14-23-9-11-24(12-10-23)18(25)8-5-16-13-22-28-20(16)15-3-6-17(21)7-4-15/h3-4,6-7,13H,2,5,8-12,14H2,1H3.